The van der Waals surface area contributed by atoms with Crippen LogP contribution in [0.25, 0.3) is 0 Å². The van der Waals surface area contributed by atoms with Gasteiger partial charge in [0, 0.05) is 26.2 Å². The third-order valence-corrected chi connectivity index (χ3v) is 1.99. The highest BCUT2D eigenvalue weighted by Crippen LogP contribution is 2.01. The Bertz CT molecular complexity index is 135. The average Bonchev–Trinajstić information content (AvgIpc) is 1.88. The molecule has 66 valence electrons. The second-order valence-electron chi connectivity index (χ2n) is 2.54. The maximum absolute atomic E-state index is 10.6. The van der Waals surface area contributed by atoms with E-state index in [0.29, 0.717) is 0 Å². The van der Waals surface area contributed by atoms with Gasteiger partial charge >= 0.3 is 5.37 Å². The number of hydrogen-bond acceptors (Lipinski definition) is 2. The van der Waals surface area contributed by atoms with E-state index in [1.807, 2.05) is 7.05 Å². The summed E-state index contributed by atoms with van der Waals surface area (Å²) in [5.74, 6) is 0. The molecule has 0 bridgehead atoms. The number of amides is 1. The zero-order valence-electron chi connectivity index (χ0n) is 6.42. The summed E-state index contributed by atoms with van der Waals surface area (Å²) in [6, 6.07) is 0. The lowest BCUT2D eigenvalue weighted by atomic mass is 10.4. The van der Waals surface area contributed by atoms with Gasteiger partial charge in [0.05, 0.1) is 0 Å². The van der Waals surface area contributed by atoms with Gasteiger partial charge in [0.1, 0.15) is 0 Å². The Balaban J connectivity index is 0.000001000. The molecule has 0 saturated carbocycles. The van der Waals surface area contributed by atoms with Crippen molar-refractivity contribution in [2.75, 3.05) is 33.2 Å². The van der Waals surface area contributed by atoms with Gasteiger partial charge in [0.15, 0.2) is 0 Å². The van der Waals surface area contributed by atoms with Crippen LogP contribution in [0.4, 0.5) is 4.79 Å². The first-order valence-corrected chi connectivity index (χ1v) is 3.71. The Morgan fingerprint density at radius 3 is 2.09 bits per heavy atom. The third-order valence-electron chi connectivity index (χ3n) is 1.75. The van der Waals surface area contributed by atoms with Crippen LogP contribution < -0.4 is 0 Å². The molecule has 0 spiro atoms. The van der Waals surface area contributed by atoms with Crippen molar-refractivity contribution in [1.29, 1.82) is 0 Å². The Morgan fingerprint density at radius 1 is 1.27 bits per heavy atom. The van der Waals surface area contributed by atoms with Crippen LogP contribution in [-0.2, 0) is 0 Å². The van der Waals surface area contributed by atoms with Gasteiger partial charge in [-0.3, -0.25) is 4.79 Å². The number of piperazine rings is 1. The molecule has 1 saturated heterocycles. The molecule has 1 amide bonds. The quantitative estimate of drug-likeness (QED) is 0.429. The van der Waals surface area contributed by atoms with Gasteiger partial charge in [-0.15, -0.1) is 12.4 Å². The van der Waals surface area contributed by atoms with Crippen LogP contribution in [0.2, 0.25) is 0 Å². The molecular weight excluding hydrogens is 187 g/mol. The molecule has 0 aliphatic carbocycles. The average molecular weight is 199 g/mol. The predicted molar refractivity (Wildman–Crippen MR) is 47.6 cm³/mol. The van der Waals surface area contributed by atoms with Gasteiger partial charge in [0.25, 0.3) is 0 Å². The Kier molecular flexibility index (Phi) is 4.81. The number of carbonyl (C=O) groups excluding carboxylic acids is 1. The molecule has 3 nitrogen and oxygen atoms in total. The summed E-state index contributed by atoms with van der Waals surface area (Å²) in [7, 11) is 2.04. The van der Waals surface area contributed by atoms with Crippen LogP contribution >= 0.6 is 24.0 Å². The Hall–Kier alpha value is 0.01000. The van der Waals surface area contributed by atoms with Crippen molar-refractivity contribution >= 4 is 29.4 Å². The summed E-state index contributed by atoms with van der Waals surface area (Å²) >= 11 is 5.27. The Morgan fingerprint density at radius 2 is 1.73 bits per heavy atom. The van der Waals surface area contributed by atoms with Gasteiger partial charge < -0.3 is 9.80 Å². The number of rotatable bonds is 0. The fraction of sp³-hybridized carbons (Fsp3) is 0.833. The van der Waals surface area contributed by atoms with E-state index in [4.69, 9.17) is 11.6 Å². The van der Waals surface area contributed by atoms with Crippen molar-refractivity contribution in [2.24, 2.45) is 0 Å². The van der Waals surface area contributed by atoms with Crippen molar-refractivity contribution in [2.45, 2.75) is 0 Å². The molecule has 0 aromatic heterocycles. The van der Waals surface area contributed by atoms with Crippen molar-refractivity contribution in [3.8, 4) is 0 Å². The molecule has 5 heteroatoms. The summed E-state index contributed by atoms with van der Waals surface area (Å²) in [6.07, 6.45) is 0. The molecule has 0 radical (unpaired) electrons. The maximum Gasteiger partial charge on any atom is 0.316 e. The van der Waals surface area contributed by atoms with Crippen LogP contribution in [0.5, 0.6) is 0 Å². The molecule has 1 fully saturated rings. The minimum Gasteiger partial charge on any atom is -0.327 e. The van der Waals surface area contributed by atoms with Crippen molar-refractivity contribution in [1.82, 2.24) is 9.80 Å². The zero-order chi connectivity index (χ0) is 7.56. The van der Waals surface area contributed by atoms with E-state index in [1.165, 1.54) is 0 Å². The van der Waals surface area contributed by atoms with E-state index in [-0.39, 0.29) is 17.8 Å². The lowest BCUT2D eigenvalue weighted by Gasteiger charge is -2.30. The van der Waals surface area contributed by atoms with Crippen LogP contribution in [0, 0.1) is 0 Å². The monoisotopic (exact) mass is 198 g/mol. The lowest BCUT2D eigenvalue weighted by Crippen LogP contribution is -2.45. The van der Waals surface area contributed by atoms with Gasteiger partial charge in [-0.2, -0.15) is 0 Å². The molecule has 1 heterocycles. The van der Waals surface area contributed by atoms with E-state index >= 15 is 0 Å². The van der Waals surface area contributed by atoms with Crippen molar-refractivity contribution in [3.63, 3.8) is 0 Å². The summed E-state index contributed by atoms with van der Waals surface area (Å²) in [4.78, 5) is 14.4. The number of likely N-dealkylation sites (N-methyl/N-ethyl adjacent to an activating group) is 1. The van der Waals surface area contributed by atoms with Crippen molar-refractivity contribution < 1.29 is 4.79 Å². The first kappa shape index (κ1) is 11.0. The lowest BCUT2D eigenvalue weighted by molar-refractivity contribution is 0.171. The standard InChI is InChI=1S/C6H11ClN2O.ClH/c1-8-2-4-9(5-3-8)6(7)10;/h2-5H2,1H3;1H. The van der Waals surface area contributed by atoms with Crippen LogP contribution in [0.3, 0.4) is 0 Å². The number of nitrogens with zero attached hydrogens (tertiary/aromatic N) is 2. The number of hydrogen-bond donors (Lipinski definition) is 0. The SMILES string of the molecule is CN1CCN(C(=O)Cl)CC1.Cl. The van der Waals surface area contributed by atoms with E-state index in [0.717, 1.165) is 26.2 Å². The summed E-state index contributed by atoms with van der Waals surface area (Å²) in [5.41, 5.74) is 0. The smallest absolute Gasteiger partial charge is 0.316 e. The largest absolute Gasteiger partial charge is 0.327 e. The summed E-state index contributed by atoms with van der Waals surface area (Å²) in [5, 5.41) is -0.326. The van der Waals surface area contributed by atoms with Crippen LogP contribution in [0.1, 0.15) is 0 Å². The molecular formula is C6H12Cl2N2O. The van der Waals surface area contributed by atoms with E-state index in [2.05, 4.69) is 4.90 Å². The molecule has 1 rings (SSSR count). The molecule has 1 aliphatic rings. The highest BCUT2D eigenvalue weighted by Gasteiger charge is 2.16. The fourth-order valence-corrected chi connectivity index (χ4v) is 1.15. The van der Waals surface area contributed by atoms with Gasteiger partial charge in [0.2, 0.25) is 0 Å². The topological polar surface area (TPSA) is 23.6 Å². The van der Waals surface area contributed by atoms with Gasteiger partial charge in [-0.1, -0.05) is 0 Å². The molecule has 0 N–H and O–H groups in total. The van der Waals surface area contributed by atoms with Crippen LogP contribution in [0.15, 0.2) is 0 Å². The molecule has 0 aromatic rings. The minimum absolute atomic E-state index is 0. The molecule has 0 unspecified atom stereocenters. The third kappa shape index (κ3) is 3.27. The summed E-state index contributed by atoms with van der Waals surface area (Å²) < 4.78 is 0. The van der Waals surface area contributed by atoms with Gasteiger partial charge in [-0.05, 0) is 18.6 Å². The molecule has 1 aliphatic heterocycles. The molecule has 11 heavy (non-hydrogen) atoms. The normalized spacial score (nSPS) is 19.3. The highest BCUT2D eigenvalue weighted by atomic mass is 35.5. The molecule has 0 aromatic carbocycles. The first-order chi connectivity index (χ1) is 4.70. The number of carbonyl (C=O) groups is 1. The first-order valence-electron chi connectivity index (χ1n) is 3.33. The van der Waals surface area contributed by atoms with E-state index < -0.39 is 0 Å². The van der Waals surface area contributed by atoms with Crippen LogP contribution in [-0.4, -0.2) is 48.4 Å². The Labute approximate surface area is 77.7 Å². The van der Waals surface area contributed by atoms with E-state index in [1.54, 1.807) is 4.90 Å². The second-order valence-corrected chi connectivity index (χ2v) is 2.87. The fourth-order valence-electron chi connectivity index (χ4n) is 0.982. The molecule has 0 atom stereocenters. The maximum atomic E-state index is 10.6. The summed E-state index contributed by atoms with van der Waals surface area (Å²) in [6.45, 7) is 3.38. The van der Waals surface area contributed by atoms with Gasteiger partial charge in [-0.25, -0.2) is 0 Å². The highest BCUT2D eigenvalue weighted by molar-refractivity contribution is 6.62. The predicted octanol–water partition coefficient (Wildman–Crippen LogP) is 1.01. The number of halogens is 2. The van der Waals surface area contributed by atoms with E-state index in [9.17, 15) is 4.79 Å². The minimum atomic E-state index is -0.326. The zero-order valence-corrected chi connectivity index (χ0v) is 7.99. The van der Waals surface area contributed by atoms with Crippen molar-refractivity contribution in [3.05, 3.63) is 0 Å². The second kappa shape index (κ2) is 4.80.